The molecular weight excluding hydrogens is 244 g/mol. The lowest BCUT2D eigenvalue weighted by Crippen LogP contribution is -2.32. The van der Waals surface area contributed by atoms with Crippen molar-refractivity contribution >= 4 is 34.5 Å². The third kappa shape index (κ3) is 2.74. The monoisotopic (exact) mass is 251 g/mol. The molecule has 0 bridgehead atoms. The molecule has 0 aliphatic carbocycles. The Bertz CT molecular complexity index is 329. The zero-order chi connectivity index (χ0) is 10.6. The van der Waals surface area contributed by atoms with E-state index in [1.807, 2.05) is 6.07 Å². The van der Waals surface area contributed by atoms with Crippen molar-refractivity contribution in [3.8, 4) is 0 Å². The summed E-state index contributed by atoms with van der Waals surface area (Å²) in [6, 6.07) is 5.38. The highest BCUT2D eigenvalue weighted by Gasteiger charge is 2.20. The van der Waals surface area contributed by atoms with E-state index in [1.54, 1.807) is 29.1 Å². The van der Waals surface area contributed by atoms with Gasteiger partial charge in [-0.15, -0.1) is 0 Å². The molecule has 1 aromatic heterocycles. The van der Waals surface area contributed by atoms with Crippen LogP contribution in [0.5, 0.6) is 0 Å². The third-order valence-electron chi connectivity index (χ3n) is 1.49. The number of methoxy groups -OCH3 is 1. The highest BCUT2D eigenvalue weighted by molar-refractivity contribution is 8.10. The first kappa shape index (κ1) is 11.6. The van der Waals surface area contributed by atoms with E-state index in [2.05, 4.69) is 4.74 Å². The summed E-state index contributed by atoms with van der Waals surface area (Å²) >= 11 is 11.4. The van der Waals surface area contributed by atoms with E-state index in [0.29, 0.717) is 0 Å². The van der Waals surface area contributed by atoms with Crippen LogP contribution in [-0.2, 0) is 4.74 Å². The molecule has 0 amide bonds. The first-order valence-corrected chi connectivity index (χ1v) is 6.85. The third-order valence-corrected chi connectivity index (χ3v) is 3.18. The molecule has 0 unspecified atom stereocenters. The highest BCUT2D eigenvalue weighted by Crippen LogP contribution is 2.55. The molecular formula is C8H8Cl2NO2P. The van der Waals surface area contributed by atoms with Gasteiger partial charge in [0.15, 0.2) is 19.0 Å². The van der Waals surface area contributed by atoms with Crippen LogP contribution < -0.4 is 9.67 Å². The molecule has 1 aromatic rings. The molecule has 1 heterocycles. The molecule has 1 rings (SSSR count). The maximum Gasteiger partial charge on any atom is 0.260 e. The normalized spacial score (nSPS) is 12.6. The number of ether oxygens (including phenoxy) is 1. The van der Waals surface area contributed by atoms with E-state index in [0.717, 1.165) is 0 Å². The highest BCUT2D eigenvalue weighted by atomic mass is 35.9. The second-order valence-corrected chi connectivity index (χ2v) is 5.77. The fourth-order valence-corrected chi connectivity index (χ4v) is 2.37. The number of hydrogen-bond acceptors (Lipinski definition) is 2. The van der Waals surface area contributed by atoms with Crippen molar-refractivity contribution in [1.82, 2.24) is 0 Å². The number of pyridine rings is 1. The molecule has 6 heteroatoms. The Morgan fingerprint density at radius 2 is 1.86 bits per heavy atom. The largest absolute Gasteiger partial charge is 0.612 e. The van der Waals surface area contributed by atoms with Gasteiger partial charge in [0.2, 0.25) is 0 Å². The Labute approximate surface area is 92.9 Å². The van der Waals surface area contributed by atoms with Gasteiger partial charge in [0.1, 0.15) is 5.95 Å². The minimum Gasteiger partial charge on any atom is -0.612 e. The second kappa shape index (κ2) is 5.40. The molecule has 0 spiro atoms. The first-order chi connectivity index (χ1) is 6.66. The molecule has 0 aromatic carbocycles. The molecule has 0 saturated heterocycles. The summed E-state index contributed by atoms with van der Waals surface area (Å²) in [5.41, 5.74) is 0.242. The summed E-state index contributed by atoms with van der Waals surface area (Å²) in [7, 11) is 1.29. The Kier molecular flexibility index (Phi) is 4.46. The van der Waals surface area contributed by atoms with Crippen LogP contribution in [0, 0.1) is 0 Å². The van der Waals surface area contributed by atoms with E-state index in [1.165, 1.54) is 7.11 Å². The predicted octanol–water partition coefficient (Wildman–Crippen LogP) is 1.85. The van der Waals surface area contributed by atoms with Crippen LogP contribution >= 0.6 is 29.1 Å². The number of halogens is 2. The molecule has 0 N–H and O–H groups in total. The number of rotatable bonds is 3. The van der Waals surface area contributed by atoms with Gasteiger partial charge in [-0.1, -0.05) is 28.5 Å². The van der Waals surface area contributed by atoms with E-state index >= 15 is 0 Å². The molecule has 0 atom stereocenters. The zero-order valence-corrected chi connectivity index (χ0v) is 9.76. The maximum absolute atomic E-state index is 11.3. The molecule has 0 radical (unpaired) electrons. The molecule has 0 saturated carbocycles. The molecule has 14 heavy (non-hydrogen) atoms. The van der Waals surface area contributed by atoms with Crippen molar-refractivity contribution in [2.75, 3.05) is 7.11 Å². The van der Waals surface area contributed by atoms with Crippen molar-refractivity contribution in [1.29, 1.82) is 0 Å². The Morgan fingerprint density at radius 1 is 1.29 bits per heavy atom. The van der Waals surface area contributed by atoms with Crippen molar-refractivity contribution in [3.63, 3.8) is 0 Å². The van der Waals surface area contributed by atoms with Crippen LogP contribution in [0.25, 0.3) is 5.44 Å². The molecule has 0 fully saturated rings. The van der Waals surface area contributed by atoms with Gasteiger partial charge in [-0.05, 0) is 7.11 Å². The second-order valence-electron chi connectivity index (χ2n) is 2.33. The quantitative estimate of drug-likeness (QED) is 0.467. The SMILES string of the molecule is CO/C([O-])=C(/[n+]1ccccc1)P(Cl)Cl. The van der Waals surface area contributed by atoms with Crippen molar-refractivity contribution in [3.05, 3.63) is 36.5 Å². The summed E-state index contributed by atoms with van der Waals surface area (Å²) in [4.78, 5) is 0. The van der Waals surface area contributed by atoms with Crippen molar-refractivity contribution < 1.29 is 14.4 Å². The van der Waals surface area contributed by atoms with Gasteiger partial charge in [0, 0.05) is 12.1 Å². The number of aromatic nitrogens is 1. The van der Waals surface area contributed by atoms with Crippen LogP contribution in [0.4, 0.5) is 0 Å². The van der Waals surface area contributed by atoms with Gasteiger partial charge >= 0.3 is 0 Å². The summed E-state index contributed by atoms with van der Waals surface area (Å²) in [6.45, 7) is -1.54. The van der Waals surface area contributed by atoms with Crippen LogP contribution in [0.15, 0.2) is 36.5 Å². The van der Waals surface area contributed by atoms with Gasteiger partial charge in [0.25, 0.3) is 5.44 Å². The fourth-order valence-electron chi connectivity index (χ4n) is 0.893. The Hall–Kier alpha value is -0.500. The maximum atomic E-state index is 11.3. The minimum atomic E-state index is -1.54. The van der Waals surface area contributed by atoms with Gasteiger partial charge in [0.05, 0.1) is 0 Å². The van der Waals surface area contributed by atoms with Gasteiger partial charge in [-0.3, -0.25) is 0 Å². The van der Waals surface area contributed by atoms with Crippen LogP contribution in [0.1, 0.15) is 0 Å². The number of nitrogens with zero attached hydrogens (tertiary/aromatic N) is 1. The lowest BCUT2D eigenvalue weighted by molar-refractivity contribution is -0.581. The smallest absolute Gasteiger partial charge is 0.260 e. The minimum absolute atomic E-state index is 0.242. The molecule has 3 nitrogen and oxygen atoms in total. The van der Waals surface area contributed by atoms with Crippen molar-refractivity contribution in [2.24, 2.45) is 0 Å². The van der Waals surface area contributed by atoms with E-state index < -0.39 is 12.6 Å². The van der Waals surface area contributed by atoms with Gasteiger partial charge in [-0.2, -0.15) is 4.57 Å². The molecule has 0 aliphatic rings. The number of hydrogen-bond donors (Lipinski definition) is 0. The average Bonchev–Trinajstić information content (AvgIpc) is 2.19. The standard InChI is InChI=1S/C8H8Cl2NO2P/c1-13-8(12)7(14(9)10)11-5-3-2-4-6-11/h2-6H,1H3/b8-7-. The van der Waals surface area contributed by atoms with Crippen LogP contribution in [-0.4, -0.2) is 7.11 Å². The fraction of sp³-hybridized carbons (Fsp3) is 0.125. The topological polar surface area (TPSA) is 36.2 Å². The zero-order valence-electron chi connectivity index (χ0n) is 7.35. The lowest BCUT2D eigenvalue weighted by atomic mass is 10.5. The average molecular weight is 252 g/mol. The van der Waals surface area contributed by atoms with E-state index in [9.17, 15) is 5.11 Å². The summed E-state index contributed by atoms with van der Waals surface area (Å²) in [6.07, 6.45) is 3.37. The summed E-state index contributed by atoms with van der Waals surface area (Å²) in [5.74, 6) is -0.516. The molecule has 76 valence electrons. The van der Waals surface area contributed by atoms with Gasteiger partial charge in [-0.25, -0.2) is 0 Å². The van der Waals surface area contributed by atoms with E-state index in [-0.39, 0.29) is 5.44 Å². The van der Waals surface area contributed by atoms with Crippen molar-refractivity contribution in [2.45, 2.75) is 0 Å². The van der Waals surface area contributed by atoms with E-state index in [4.69, 9.17) is 22.5 Å². The van der Waals surface area contributed by atoms with Gasteiger partial charge < -0.3 is 9.84 Å². The van der Waals surface area contributed by atoms with Crippen LogP contribution in [0.3, 0.4) is 0 Å². The first-order valence-electron chi connectivity index (χ1n) is 3.70. The predicted molar refractivity (Wildman–Crippen MR) is 55.5 cm³/mol. The summed E-state index contributed by atoms with van der Waals surface area (Å²) < 4.78 is 6.13. The Balaban J connectivity index is 3.14. The Morgan fingerprint density at radius 3 is 2.29 bits per heavy atom. The summed E-state index contributed by atoms with van der Waals surface area (Å²) in [5, 5.41) is 11.3. The molecule has 0 aliphatic heterocycles. The van der Waals surface area contributed by atoms with Crippen LogP contribution in [0.2, 0.25) is 0 Å². The lowest BCUT2D eigenvalue weighted by Gasteiger charge is -2.11.